The molecule has 0 amide bonds. The Labute approximate surface area is 167 Å². The van der Waals surface area contributed by atoms with E-state index in [4.69, 9.17) is 4.74 Å². The highest BCUT2D eigenvalue weighted by molar-refractivity contribution is 6.10. The Morgan fingerprint density at radius 3 is 2.28 bits per heavy atom. The number of nitrogens with zero attached hydrogens (tertiary/aromatic N) is 1. The van der Waals surface area contributed by atoms with E-state index in [1.165, 1.54) is 24.3 Å². The number of carbonyl (C=O) groups excluding carboxylic acids is 1. The van der Waals surface area contributed by atoms with E-state index in [0.717, 1.165) is 0 Å². The van der Waals surface area contributed by atoms with Crippen molar-refractivity contribution in [2.45, 2.75) is 26.4 Å². The molecule has 0 spiro atoms. The number of nitro benzene ring substituents is 1. The molecular weight excluding hydrogens is 373 g/mol. The molecule has 0 aliphatic heterocycles. The number of halogens is 1. The summed E-state index contributed by atoms with van der Waals surface area (Å²) in [6.45, 7) is 3.52. The molecule has 0 aliphatic carbocycles. The zero-order valence-electron chi connectivity index (χ0n) is 16.1. The molecule has 0 aromatic heterocycles. The highest BCUT2D eigenvalue weighted by atomic mass is 19.1. The molecule has 3 aromatic rings. The topological polar surface area (TPSA) is 69.4 Å². The van der Waals surface area contributed by atoms with Crippen molar-refractivity contribution in [2.75, 3.05) is 0 Å². The summed E-state index contributed by atoms with van der Waals surface area (Å²) in [4.78, 5) is 24.2. The van der Waals surface area contributed by atoms with Gasteiger partial charge in [0.1, 0.15) is 5.82 Å². The number of nitro groups is 1. The Morgan fingerprint density at radius 1 is 1.03 bits per heavy atom. The zero-order chi connectivity index (χ0) is 21.0. The lowest BCUT2D eigenvalue weighted by atomic mass is 9.92. The van der Waals surface area contributed by atoms with Crippen molar-refractivity contribution in [3.8, 4) is 5.75 Å². The van der Waals surface area contributed by atoms with E-state index in [-0.39, 0.29) is 35.6 Å². The zero-order valence-corrected chi connectivity index (χ0v) is 16.1. The Hall–Kier alpha value is -3.54. The van der Waals surface area contributed by atoms with Crippen molar-refractivity contribution in [1.82, 2.24) is 0 Å². The number of ether oxygens (including phenoxy) is 1. The van der Waals surface area contributed by atoms with Gasteiger partial charge in [0.2, 0.25) is 5.75 Å². The van der Waals surface area contributed by atoms with E-state index in [0.29, 0.717) is 22.3 Å². The number of ketones is 1. The van der Waals surface area contributed by atoms with Crippen LogP contribution < -0.4 is 4.74 Å². The molecule has 0 heterocycles. The van der Waals surface area contributed by atoms with Gasteiger partial charge in [0.25, 0.3) is 0 Å². The van der Waals surface area contributed by atoms with Crippen molar-refractivity contribution < 1.29 is 18.8 Å². The van der Waals surface area contributed by atoms with Crippen LogP contribution >= 0.6 is 0 Å². The van der Waals surface area contributed by atoms with Gasteiger partial charge >= 0.3 is 5.69 Å². The van der Waals surface area contributed by atoms with E-state index in [2.05, 4.69) is 0 Å². The first-order valence-electron chi connectivity index (χ1n) is 9.18. The van der Waals surface area contributed by atoms with Gasteiger partial charge in [-0.05, 0) is 37.6 Å². The number of hydrogen-bond acceptors (Lipinski definition) is 4. The maximum Gasteiger partial charge on any atom is 0.311 e. The maximum absolute atomic E-state index is 13.3. The summed E-state index contributed by atoms with van der Waals surface area (Å²) < 4.78 is 19.1. The first kappa shape index (κ1) is 20.2. The van der Waals surface area contributed by atoms with Crippen LogP contribution in [-0.2, 0) is 6.42 Å². The molecule has 3 aromatic carbocycles. The molecule has 0 aliphatic rings. The fourth-order valence-electron chi connectivity index (χ4n) is 3.07. The molecule has 5 nitrogen and oxygen atoms in total. The summed E-state index contributed by atoms with van der Waals surface area (Å²) in [5.74, 6) is -0.575. The van der Waals surface area contributed by atoms with Crippen LogP contribution in [0, 0.1) is 15.9 Å². The molecule has 0 saturated heterocycles. The van der Waals surface area contributed by atoms with Crippen LogP contribution in [0.1, 0.15) is 40.9 Å². The Morgan fingerprint density at radius 2 is 1.69 bits per heavy atom. The van der Waals surface area contributed by atoms with Gasteiger partial charge in [0.15, 0.2) is 5.78 Å². The fourth-order valence-corrected chi connectivity index (χ4v) is 3.07. The van der Waals surface area contributed by atoms with Gasteiger partial charge in [-0.1, -0.05) is 42.5 Å². The van der Waals surface area contributed by atoms with Crippen LogP contribution in [0.25, 0.3) is 0 Å². The first-order chi connectivity index (χ1) is 13.9. The third kappa shape index (κ3) is 4.66. The van der Waals surface area contributed by atoms with Crippen LogP contribution in [-0.4, -0.2) is 16.8 Å². The summed E-state index contributed by atoms with van der Waals surface area (Å²) >= 11 is 0. The average molecular weight is 393 g/mol. The van der Waals surface area contributed by atoms with Gasteiger partial charge in [0, 0.05) is 29.2 Å². The Kier molecular flexibility index (Phi) is 6.02. The second-order valence-corrected chi connectivity index (χ2v) is 6.86. The van der Waals surface area contributed by atoms with Crippen LogP contribution in [0.5, 0.6) is 5.75 Å². The molecule has 0 radical (unpaired) electrons. The van der Waals surface area contributed by atoms with E-state index >= 15 is 0 Å². The predicted molar refractivity (Wildman–Crippen MR) is 108 cm³/mol. The lowest BCUT2D eigenvalue weighted by Crippen LogP contribution is -2.14. The number of hydrogen-bond donors (Lipinski definition) is 0. The van der Waals surface area contributed by atoms with Crippen LogP contribution in [0.15, 0.2) is 66.7 Å². The van der Waals surface area contributed by atoms with Crippen molar-refractivity contribution in [3.63, 3.8) is 0 Å². The van der Waals surface area contributed by atoms with Crippen molar-refractivity contribution in [1.29, 1.82) is 0 Å². The summed E-state index contributed by atoms with van der Waals surface area (Å²) in [6.07, 6.45) is -0.138. The molecule has 3 rings (SSSR count). The second kappa shape index (κ2) is 8.65. The molecule has 148 valence electrons. The summed E-state index contributed by atoms with van der Waals surface area (Å²) in [6, 6.07) is 17.2. The lowest BCUT2D eigenvalue weighted by molar-refractivity contribution is -0.386. The van der Waals surface area contributed by atoms with Crippen LogP contribution in [0.4, 0.5) is 10.1 Å². The minimum atomic E-state index is -0.525. The first-order valence-corrected chi connectivity index (χ1v) is 9.18. The quantitative estimate of drug-likeness (QED) is 0.308. The molecule has 0 bridgehead atoms. The third-order valence-corrected chi connectivity index (χ3v) is 4.36. The van der Waals surface area contributed by atoms with E-state index in [1.807, 2.05) is 0 Å². The Balaban J connectivity index is 2.19. The van der Waals surface area contributed by atoms with Gasteiger partial charge in [0.05, 0.1) is 11.0 Å². The van der Waals surface area contributed by atoms with Gasteiger partial charge in [-0.3, -0.25) is 14.9 Å². The van der Waals surface area contributed by atoms with E-state index < -0.39 is 4.92 Å². The second-order valence-electron chi connectivity index (χ2n) is 6.86. The van der Waals surface area contributed by atoms with E-state index in [9.17, 15) is 19.3 Å². The van der Waals surface area contributed by atoms with Gasteiger partial charge in [-0.25, -0.2) is 4.39 Å². The minimum Gasteiger partial charge on any atom is -0.484 e. The van der Waals surface area contributed by atoms with E-state index in [1.54, 1.807) is 56.3 Å². The monoisotopic (exact) mass is 393 g/mol. The number of carbonyl (C=O) groups is 1. The van der Waals surface area contributed by atoms with Gasteiger partial charge < -0.3 is 4.74 Å². The molecule has 6 heteroatoms. The number of rotatable bonds is 7. The maximum atomic E-state index is 13.3. The standard InChI is InChI=1S/C23H20FNO4/c1-15(2)29-23-20(14-16-8-10-18(24)11-9-16)19(12-13-21(23)25(27)28)22(26)17-6-4-3-5-7-17/h3-13,15H,14H2,1-2H3. The molecule has 0 saturated carbocycles. The highest BCUT2D eigenvalue weighted by Crippen LogP contribution is 2.37. The lowest BCUT2D eigenvalue weighted by Gasteiger charge is -2.18. The van der Waals surface area contributed by atoms with Gasteiger partial charge in [-0.2, -0.15) is 0 Å². The smallest absolute Gasteiger partial charge is 0.311 e. The molecule has 0 N–H and O–H groups in total. The highest BCUT2D eigenvalue weighted by Gasteiger charge is 2.26. The Bertz CT molecular complexity index is 1030. The fraction of sp³-hybridized carbons (Fsp3) is 0.174. The summed E-state index contributed by atoms with van der Waals surface area (Å²) in [5, 5.41) is 11.6. The van der Waals surface area contributed by atoms with Crippen molar-refractivity contribution in [2.24, 2.45) is 0 Å². The van der Waals surface area contributed by atoms with Crippen molar-refractivity contribution in [3.05, 3.63) is 105 Å². The van der Waals surface area contributed by atoms with Crippen LogP contribution in [0.2, 0.25) is 0 Å². The summed E-state index contributed by atoms with van der Waals surface area (Å²) in [7, 11) is 0. The van der Waals surface area contributed by atoms with Gasteiger partial charge in [-0.15, -0.1) is 0 Å². The van der Waals surface area contributed by atoms with Crippen LogP contribution in [0.3, 0.4) is 0 Å². The average Bonchev–Trinajstić information content (AvgIpc) is 2.70. The SMILES string of the molecule is CC(C)Oc1c([N+](=O)[O-])ccc(C(=O)c2ccccc2)c1Cc1ccc(F)cc1. The van der Waals surface area contributed by atoms with Crippen molar-refractivity contribution >= 4 is 11.5 Å². The predicted octanol–water partition coefficient (Wildman–Crippen LogP) is 5.34. The molecule has 0 unspecified atom stereocenters. The largest absolute Gasteiger partial charge is 0.484 e. The molecular formula is C23H20FNO4. The number of benzene rings is 3. The molecule has 0 fully saturated rings. The minimum absolute atomic E-state index is 0.0658. The normalized spacial score (nSPS) is 10.8. The molecule has 0 atom stereocenters. The third-order valence-electron chi connectivity index (χ3n) is 4.36. The molecule has 29 heavy (non-hydrogen) atoms. The summed E-state index contributed by atoms with van der Waals surface area (Å²) in [5.41, 5.74) is 1.70.